The van der Waals surface area contributed by atoms with Crippen molar-refractivity contribution in [2.24, 2.45) is 5.92 Å². The van der Waals surface area contributed by atoms with Crippen LogP contribution in [0.3, 0.4) is 0 Å². The number of phosphoric acid groups is 2. The van der Waals surface area contributed by atoms with E-state index in [-0.39, 0.29) is 25.7 Å². The number of aliphatic hydroxyl groups is 1. The number of unbranched alkanes of at least 4 members (excludes halogenated alkanes) is 51. The Hall–Kier alpha value is -1.94. The molecule has 0 fully saturated rings. The Morgan fingerprint density at radius 3 is 0.694 bits per heavy atom. The molecule has 0 radical (unpaired) electrons. The Labute approximate surface area is 600 Å². The molecule has 0 saturated heterocycles. The maximum absolute atomic E-state index is 13.1. The van der Waals surface area contributed by atoms with Crippen molar-refractivity contribution in [2.75, 3.05) is 39.6 Å². The lowest BCUT2D eigenvalue weighted by Crippen LogP contribution is -2.30. The normalized spacial score (nSPS) is 13.9. The lowest BCUT2D eigenvalue weighted by molar-refractivity contribution is -0.161. The molecule has 0 spiro atoms. The zero-order valence-electron chi connectivity index (χ0n) is 63.9. The quantitative estimate of drug-likeness (QED) is 0.0222. The molecule has 0 rings (SSSR count). The van der Waals surface area contributed by atoms with Crippen LogP contribution in [0.25, 0.3) is 0 Å². The summed E-state index contributed by atoms with van der Waals surface area (Å²) >= 11 is 0. The summed E-state index contributed by atoms with van der Waals surface area (Å²) in [5, 5.41) is 10.6. The molecule has 3 N–H and O–H groups in total. The molecule has 0 aliphatic carbocycles. The second-order valence-corrected chi connectivity index (χ2v) is 31.8. The van der Waals surface area contributed by atoms with Gasteiger partial charge in [-0.1, -0.05) is 369 Å². The van der Waals surface area contributed by atoms with Crippen LogP contribution >= 0.6 is 15.6 Å². The van der Waals surface area contributed by atoms with Crippen molar-refractivity contribution in [1.82, 2.24) is 0 Å². The van der Waals surface area contributed by atoms with Crippen molar-refractivity contribution in [1.29, 1.82) is 0 Å². The monoisotopic (exact) mass is 1440 g/mol. The van der Waals surface area contributed by atoms with Crippen LogP contribution in [0.15, 0.2) is 0 Å². The smallest absolute Gasteiger partial charge is 0.462 e. The van der Waals surface area contributed by atoms with E-state index in [4.69, 9.17) is 37.0 Å². The van der Waals surface area contributed by atoms with E-state index in [0.29, 0.717) is 25.7 Å². The van der Waals surface area contributed by atoms with E-state index in [1.807, 2.05) is 0 Å². The van der Waals surface area contributed by atoms with Gasteiger partial charge in [-0.05, 0) is 31.6 Å². The fourth-order valence-corrected chi connectivity index (χ4v) is 13.8. The van der Waals surface area contributed by atoms with Crippen LogP contribution in [0.4, 0.5) is 0 Å². The molecule has 98 heavy (non-hydrogen) atoms. The number of carbonyl (C=O) groups excluding carboxylic acids is 4. The second kappa shape index (κ2) is 72.0. The maximum atomic E-state index is 13.1. The van der Waals surface area contributed by atoms with E-state index >= 15 is 0 Å². The van der Waals surface area contributed by atoms with E-state index < -0.39 is 97.5 Å². The van der Waals surface area contributed by atoms with Crippen LogP contribution in [0.1, 0.15) is 420 Å². The summed E-state index contributed by atoms with van der Waals surface area (Å²) in [5.74, 6) is -1.35. The Morgan fingerprint density at radius 1 is 0.276 bits per heavy atom. The van der Waals surface area contributed by atoms with E-state index in [0.717, 1.165) is 95.8 Å². The van der Waals surface area contributed by atoms with Gasteiger partial charge in [-0.3, -0.25) is 37.3 Å². The largest absolute Gasteiger partial charge is 0.472 e. The van der Waals surface area contributed by atoms with Crippen LogP contribution in [0.2, 0.25) is 0 Å². The van der Waals surface area contributed by atoms with Crippen LogP contribution in [-0.2, 0) is 65.4 Å². The average Bonchev–Trinajstić information content (AvgIpc) is 1.21. The molecule has 0 heterocycles. The summed E-state index contributed by atoms with van der Waals surface area (Å²) in [5.41, 5.74) is 0. The number of phosphoric ester groups is 2. The first-order chi connectivity index (χ1) is 47.5. The molecule has 0 amide bonds. The molecule has 582 valence electrons. The van der Waals surface area contributed by atoms with E-state index in [9.17, 15) is 43.2 Å². The van der Waals surface area contributed by atoms with Gasteiger partial charge in [0.25, 0.3) is 0 Å². The van der Waals surface area contributed by atoms with Crippen LogP contribution in [-0.4, -0.2) is 96.7 Å². The molecule has 0 bridgehead atoms. The average molecular weight is 1440 g/mol. The summed E-state index contributed by atoms with van der Waals surface area (Å²) in [6.07, 6.45) is 62.3. The minimum Gasteiger partial charge on any atom is -0.462 e. The van der Waals surface area contributed by atoms with Gasteiger partial charge >= 0.3 is 39.5 Å². The molecule has 0 saturated carbocycles. The Kier molecular flexibility index (Phi) is 70.6. The lowest BCUT2D eigenvalue weighted by atomic mass is 10.0. The molecule has 19 heteroatoms. The topological polar surface area (TPSA) is 237 Å². The van der Waals surface area contributed by atoms with Gasteiger partial charge in [0.1, 0.15) is 19.3 Å². The van der Waals surface area contributed by atoms with Gasteiger partial charge < -0.3 is 33.8 Å². The number of ether oxygens (including phenoxy) is 4. The first-order valence-corrected chi connectivity index (χ1v) is 44.1. The molecule has 17 nitrogen and oxygen atoms in total. The zero-order chi connectivity index (χ0) is 71.9. The van der Waals surface area contributed by atoms with Crippen LogP contribution in [0.5, 0.6) is 0 Å². The highest BCUT2D eigenvalue weighted by molar-refractivity contribution is 7.47. The Morgan fingerprint density at radius 2 is 0.469 bits per heavy atom. The van der Waals surface area contributed by atoms with E-state index in [1.165, 1.54) is 244 Å². The summed E-state index contributed by atoms with van der Waals surface area (Å²) in [4.78, 5) is 72.9. The highest BCUT2D eigenvalue weighted by atomic mass is 31.2. The molecule has 0 aliphatic heterocycles. The van der Waals surface area contributed by atoms with Gasteiger partial charge in [0.2, 0.25) is 0 Å². The molecule has 0 aromatic carbocycles. The summed E-state index contributed by atoms with van der Waals surface area (Å²) in [6.45, 7) is 7.31. The third-order valence-electron chi connectivity index (χ3n) is 18.5. The SMILES string of the molecule is CCCCCCCCCCCCCCCCCCCCCCC(=O)O[C@H](COC(=O)CCCCCCCCCCCCC(C)C)COP(=O)(O)OC[C@@H](O)COP(=O)(O)OC[C@@H](COC(=O)CCCCCCCCCCCCCC)OC(=O)CCCCCCCCCCCCCCC. The van der Waals surface area contributed by atoms with Gasteiger partial charge in [-0.25, -0.2) is 9.13 Å². The highest BCUT2D eigenvalue weighted by Gasteiger charge is 2.30. The van der Waals surface area contributed by atoms with Crippen molar-refractivity contribution in [3.05, 3.63) is 0 Å². The van der Waals surface area contributed by atoms with Crippen molar-refractivity contribution in [3.63, 3.8) is 0 Å². The highest BCUT2D eigenvalue weighted by Crippen LogP contribution is 2.45. The summed E-state index contributed by atoms with van der Waals surface area (Å²) in [7, 11) is -9.91. The fraction of sp³-hybridized carbons (Fsp3) is 0.949. The van der Waals surface area contributed by atoms with Crippen molar-refractivity contribution < 1.29 is 80.2 Å². The van der Waals surface area contributed by atoms with Crippen molar-refractivity contribution in [2.45, 2.75) is 438 Å². The Bertz CT molecular complexity index is 1870. The van der Waals surface area contributed by atoms with Gasteiger partial charge in [-0.2, -0.15) is 0 Å². The van der Waals surface area contributed by atoms with Gasteiger partial charge in [-0.15, -0.1) is 0 Å². The van der Waals surface area contributed by atoms with Crippen molar-refractivity contribution >= 4 is 39.5 Å². The third kappa shape index (κ3) is 72.4. The molecule has 0 aromatic heterocycles. The molecular weight excluding hydrogens is 1280 g/mol. The number of aliphatic hydroxyl groups excluding tert-OH is 1. The third-order valence-corrected chi connectivity index (χ3v) is 20.4. The molecular formula is C79H154O17P2. The predicted octanol–water partition coefficient (Wildman–Crippen LogP) is 23.6. The van der Waals surface area contributed by atoms with Gasteiger partial charge in [0.15, 0.2) is 12.2 Å². The number of esters is 4. The fourth-order valence-electron chi connectivity index (χ4n) is 12.2. The predicted molar refractivity (Wildman–Crippen MR) is 400 cm³/mol. The van der Waals surface area contributed by atoms with Crippen LogP contribution in [0, 0.1) is 5.92 Å². The minimum atomic E-state index is -4.96. The minimum absolute atomic E-state index is 0.108. The first kappa shape index (κ1) is 96.1. The van der Waals surface area contributed by atoms with E-state index in [2.05, 4.69) is 34.6 Å². The molecule has 5 atom stereocenters. The summed E-state index contributed by atoms with van der Waals surface area (Å²) in [6, 6.07) is 0. The standard InChI is InChI=1S/C79H154O17P2/c1-6-9-12-15-18-21-24-27-28-29-30-31-32-33-35-38-45-50-55-60-65-79(84)96-75(69-90-77(82)63-58-53-48-43-40-39-41-46-51-56-61-72(4)5)71-94-98(87,88)92-67-73(80)66-91-97(85,86)93-70-74(68-89-76(81)62-57-52-47-42-36-26-23-20-17-14-11-8-3)95-78(83)64-59-54-49-44-37-34-25-22-19-16-13-10-7-2/h72-75,80H,6-71H2,1-5H3,(H,85,86)(H,87,88)/t73-,74+,75+/m0/s1. The number of rotatable bonds is 79. The number of carbonyl (C=O) groups is 4. The summed E-state index contributed by atoms with van der Waals surface area (Å²) < 4.78 is 68.7. The molecule has 0 aromatic rings. The van der Waals surface area contributed by atoms with E-state index in [1.54, 1.807) is 0 Å². The van der Waals surface area contributed by atoms with Crippen LogP contribution < -0.4 is 0 Å². The maximum Gasteiger partial charge on any atom is 0.472 e. The second-order valence-electron chi connectivity index (χ2n) is 28.9. The molecule has 0 aliphatic rings. The first-order valence-electron chi connectivity index (χ1n) is 41.1. The van der Waals surface area contributed by atoms with Gasteiger partial charge in [0.05, 0.1) is 26.4 Å². The van der Waals surface area contributed by atoms with Gasteiger partial charge in [0, 0.05) is 25.7 Å². The Balaban J connectivity index is 5.23. The number of hydrogen-bond donors (Lipinski definition) is 3. The molecule has 2 unspecified atom stereocenters. The lowest BCUT2D eigenvalue weighted by Gasteiger charge is -2.21. The zero-order valence-corrected chi connectivity index (χ0v) is 65.7. The number of hydrogen-bond acceptors (Lipinski definition) is 15. The van der Waals surface area contributed by atoms with Crippen molar-refractivity contribution in [3.8, 4) is 0 Å².